The van der Waals surface area contributed by atoms with Crippen LogP contribution < -0.4 is 5.73 Å². The maximum Gasteiger partial charge on any atom is 0.131 e. The number of nitrogens with zero attached hydrogens (tertiary/aromatic N) is 2. The summed E-state index contributed by atoms with van der Waals surface area (Å²) in [6.07, 6.45) is 4.47. The van der Waals surface area contributed by atoms with Gasteiger partial charge in [-0.25, -0.2) is 4.98 Å². The van der Waals surface area contributed by atoms with Crippen molar-refractivity contribution in [1.29, 1.82) is 0 Å². The van der Waals surface area contributed by atoms with Gasteiger partial charge in [-0.05, 0) is 47.4 Å². The molecule has 5 nitrogen and oxygen atoms in total. The number of aromatic hydroxyl groups is 1. The van der Waals surface area contributed by atoms with Gasteiger partial charge in [-0.15, -0.1) is 0 Å². The normalized spacial score (nSPS) is 9.97. The van der Waals surface area contributed by atoms with Crippen LogP contribution in [0.15, 0.2) is 54.9 Å². The Bertz CT molecular complexity index is 1050. The lowest BCUT2D eigenvalue weighted by molar-refractivity contribution is 0.475. The summed E-state index contributed by atoms with van der Waals surface area (Å²) >= 11 is 0. The molecular weight excluding hydrogens is 360 g/mol. The molecule has 0 spiro atoms. The second-order valence-corrected chi connectivity index (χ2v) is 5.98. The molecule has 2 aromatic heterocycles. The Morgan fingerprint density at radius 3 is 2.24 bits per heavy atom. The fourth-order valence-corrected chi connectivity index (χ4v) is 3.24. The molecule has 4 rings (SSSR count). The fourth-order valence-electron chi connectivity index (χ4n) is 3.24. The third-order valence-corrected chi connectivity index (χ3v) is 4.48. The highest BCUT2D eigenvalue weighted by Crippen LogP contribution is 2.36. The molecule has 0 amide bonds. The first-order valence-electron chi connectivity index (χ1n) is 10.2. The van der Waals surface area contributed by atoms with Crippen molar-refractivity contribution in [3.05, 3.63) is 60.4 Å². The predicted molar refractivity (Wildman–Crippen MR) is 123 cm³/mol. The van der Waals surface area contributed by atoms with E-state index in [1.165, 1.54) is 0 Å². The van der Waals surface area contributed by atoms with Gasteiger partial charge in [-0.3, -0.25) is 5.10 Å². The highest BCUT2D eigenvalue weighted by molar-refractivity contribution is 5.88. The van der Waals surface area contributed by atoms with Crippen molar-refractivity contribution in [3.63, 3.8) is 0 Å². The molecule has 0 aliphatic carbocycles. The largest absolute Gasteiger partial charge is 0.508 e. The number of pyridine rings is 1. The number of hydrogen-bond donors (Lipinski definition) is 3. The number of hydrogen-bond acceptors (Lipinski definition) is 4. The minimum Gasteiger partial charge on any atom is -0.508 e. The van der Waals surface area contributed by atoms with Crippen molar-refractivity contribution >= 4 is 16.7 Å². The summed E-state index contributed by atoms with van der Waals surface area (Å²) in [5.74, 6) is 0.727. The van der Waals surface area contributed by atoms with Gasteiger partial charge in [0.15, 0.2) is 0 Å². The van der Waals surface area contributed by atoms with Gasteiger partial charge in [0.25, 0.3) is 0 Å². The van der Waals surface area contributed by atoms with Crippen LogP contribution in [0, 0.1) is 0 Å². The van der Waals surface area contributed by atoms with Crippen molar-refractivity contribution < 1.29 is 5.11 Å². The average molecular weight is 391 g/mol. The molecule has 0 saturated carbocycles. The van der Waals surface area contributed by atoms with E-state index in [0.29, 0.717) is 5.82 Å². The summed E-state index contributed by atoms with van der Waals surface area (Å²) in [4.78, 5) is 4.42. The van der Waals surface area contributed by atoms with Crippen LogP contribution in [0.1, 0.15) is 40.2 Å². The number of fused-ring (bicyclic) bond motifs is 1. The van der Waals surface area contributed by atoms with Crippen molar-refractivity contribution in [1.82, 2.24) is 15.2 Å². The Hall–Kier alpha value is -3.34. The van der Waals surface area contributed by atoms with Crippen LogP contribution in [0.4, 0.5) is 5.82 Å². The number of nitrogen functional groups attached to an aromatic ring is 1. The van der Waals surface area contributed by atoms with Crippen molar-refractivity contribution in [2.24, 2.45) is 0 Å². The zero-order chi connectivity index (χ0) is 21.4. The number of H-pyrrole nitrogens is 1. The zero-order valence-electron chi connectivity index (χ0n) is 17.8. The standard InChI is InChI=1S/C20H18N4O.2C2H6/c1-2-16-17(13-5-8-18-14(9-13)10-23-24-18)11-22-20(21)19(16)12-3-6-15(25)7-4-12;2*1-2/h3-11,25H,2H2,1H3,(H2,21,22)(H,23,24);2*1-2H3. The number of nitrogens with two attached hydrogens (primary N) is 1. The number of nitrogens with one attached hydrogen (secondary N) is 1. The zero-order valence-corrected chi connectivity index (χ0v) is 17.8. The lowest BCUT2D eigenvalue weighted by atomic mass is 9.91. The van der Waals surface area contributed by atoms with Gasteiger partial charge in [0.2, 0.25) is 0 Å². The van der Waals surface area contributed by atoms with Crippen LogP contribution >= 0.6 is 0 Å². The maximum absolute atomic E-state index is 9.56. The molecule has 0 radical (unpaired) electrons. The Balaban J connectivity index is 0.000000707. The van der Waals surface area contributed by atoms with Crippen LogP contribution in [-0.4, -0.2) is 20.3 Å². The van der Waals surface area contributed by atoms with Crippen molar-refractivity contribution in [3.8, 4) is 28.0 Å². The predicted octanol–water partition coefficient (Wildman–Crippen LogP) is 6.19. The number of rotatable bonds is 3. The summed E-state index contributed by atoms with van der Waals surface area (Å²) in [5.41, 5.74) is 12.4. The molecule has 4 aromatic rings. The average Bonchev–Trinajstić information content (AvgIpc) is 3.25. The lowest BCUT2D eigenvalue weighted by Gasteiger charge is -2.16. The van der Waals surface area contributed by atoms with Gasteiger partial charge >= 0.3 is 0 Å². The number of aromatic amines is 1. The molecule has 0 bridgehead atoms. The van der Waals surface area contributed by atoms with E-state index in [2.05, 4.69) is 34.2 Å². The summed E-state index contributed by atoms with van der Waals surface area (Å²) < 4.78 is 0. The molecule has 0 saturated heterocycles. The molecular formula is C24H30N4O. The Morgan fingerprint density at radius 2 is 1.59 bits per heavy atom. The number of benzene rings is 2. The topological polar surface area (TPSA) is 87.8 Å². The van der Waals surface area contributed by atoms with Crippen LogP contribution in [0.3, 0.4) is 0 Å². The Labute approximate surface area is 172 Å². The first-order chi connectivity index (χ1) is 14.2. The maximum atomic E-state index is 9.56. The first kappa shape index (κ1) is 22.0. The van der Waals surface area contributed by atoms with Gasteiger partial charge in [0.05, 0.1) is 11.7 Å². The molecule has 5 heteroatoms. The number of anilines is 1. The smallest absolute Gasteiger partial charge is 0.131 e. The highest BCUT2D eigenvalue weighted by atomic mass is 16.3. The Morgan fingerprint density at radius 1 is 0.931 bits per heavy atom. The SMILES string of the molecule is CC.CC.CCc1c(-c2ccc3[nH]ncc3c2)cnc(N)c1-c1ccc(O)cc1. The van der Waals surface area contributed by atoms with Crippen LogP contribution in [0.25, 0.3) is 33.2 Å². The lowest BCUT2D eigenvalue weighted by Crippen LogP contribution is -2.01. The minimum atomic E-state index is 0.231. The summed E-state index contributed by atoms with van der Waals surface area (Å²) in [7, 11) is 0. The first-order valence-corrected chi connectivity index (χ1v) is 10.2. The van der Waals surface area contributed by atoms with E-state index in [1.54, 1.807) is 12.1 Å². The minimum absolute atomic E-state index is 0.231. The second kappa shape index (κ2) is 10.3. The number of phenols is 1. The van der Waals surface area contributed by atoms with E-state index < -0.39 is 0 Å². The molecule has 2 aromatic carbocycles. The van der Waals surface area contributed by atoms with E-state index in [9.17, 15) is 5.11 Å². The third-order valence-electron chi connectivity index (χ3n) is 4.48. The van der Waals surface area contributed by atoms with E-state index in [0.717, 1.165) is 45.1 Å². The third kappa shape index (κ3) is 4.57. The molecule has 2 heterocycles. The molecule has 29 heavy (non-hydrogen) atoms. The highest BCUT2D eigenvalue weighted by Gasteiger charge is 2.15. The van der Waals surface area contributed by atoms with Gasteiger partial charge in [0.1, 0.15) is 11.6 Å². The van der Waals surface area contributed by atoms with Gasteiger partial charge in [0, 0.05) is 22.7 Å². The Kier molecular flexibility index (Phi) is 7.78. The monoisotopic (exact) mass is 390 g/mol. The molecule has 0 aliphatic heterocycles. The quantitative estimate of drug-likeness (QED) is 0.389. The van der Waals surface area contributed by atoms with Crippen LogP contribution in [-0.2, 0) is 6.42 Å². The molecule has 0 unspecified atom stereocenters. The van der Waals surface area contributed by atoms with Crippen LogP contribution in [0.5, 0.6) is 5.75 Å². The van der Waals surface area contributed by atoms with Crippen molar-refractivity contribution in [2.45, 2.75) is 41.0 Å². The summed E-state index contributed by atoms with van der Waals surface area (Å²) in [6.45, 7) is 10.1. The number of phenolic OH excluding ortho intramolecular Hbond substituents is 1. The van der Waals surface area contributed by atoms with E-state index in [-0.39, 0.29) is 5.75 Å². The molecule has 4 N–H and O–H groups in total. The molecule has 0 aliphatic rings. The van der Waals surface area contributed by atoms with Gasteiger partial charge < -0.3 is 10.8 Å². The van der Waals surface area contributed by atoms with Gasteiger partial charge in [-0.2, -0.15) is 5.10 Å². The fraction of sp³-hybridized carbons (Fsp3) is 0.250. The second-order valence-electron chi connectivity index (χ2n) is 5.98. The summed E-state index contributed by atoms with van der Waals surface area (Å²) in [6, 6.07) is 13.2. The van der Waals surface area contributed by atoms with Gasteiger partial charge in [-0.1, -0.05) is 52.8 Å². The summed E-state index contributed by atoms with van der Waals surface area (Å²) in [5, 5.41) is 17.7. The van der Waals surface area contributed by atoms with E-state index in [1.807, 2.05) is 58.3 Å². The molecule has 0 atom stereocenters. The molecule has 0 fully saturated rings. The van der Waals surface area contributed by atoms with Crippen molar-refractivity contribution in [2.75, 3.05) is 5.73 Å². The van der Waals surface area contributed by atoms with E-state index >= 15 is 0 Å². The number of aromatic nitrogens is 3. The van der Waals surface area contributed by atoms with Crippen LogP contribution in [0.2, 0.25) is 0 Å². The van der Waals surface area contributed by atoms with E-state index in [4.69, 9.17) is 5.73 Å². The molecule has 152 valence electrons.